The van der Waals surface area contributed by atoms with E-state index >= 15 is 0 Å². The van der Waals surface area contributed by atoms with Gasteiger partial charge in [0.25, 0.3) is 0 Å². The number of ether oxygens (including phenoxy) is 1. The number of Topliss-reactive ketones (excluding diaryl/α,β-unsaturated/α-hetero) is 1. The van der Waals surface area contributed by atoms with Crippen molar-refractivity contribution in [1.82, 2.24) is 0 Å². The van der Waals surface area contributed by atoms with Gasteiger partial charge in [0, 0.05) is 12.8 Å². The van der Waals surface area contributed by atoms with Crippen LogP contribution in [0.5, 0.6) is 0 Å². The monoisotopic (exact) mass is 368 g/mol. The third-order valence-corrected chi connectivity index (χ3v) is 9.30. The molecule has 3 nitrogen and oxygen atoms in total. The summed E-state index contributed by atoms with van der Waals surface area (Å²) >= 11 is 0. The molecule has 1 heterocycles. The molecule has 6 rings (SSSR count). The first-order valence-electron chi connectivity index (χ1n) is 11.4. The highest BCUT2D eigenvalue weighted by atomic mass is 16.5. The van der Waals surface area contributed by atoms with Gasteiger partial charge in [-0.05, 0) is 106 Å². The summed E-state index contributed by atoms with van der Waals surface area (Å²) < 4.78 is 6.72. The molecule has 5 unspecified atom stereocenters. The van der Waals surface area contributed by atoms with Crippen LogP contribution in [0.3, 0.4) is 0 Å². The number of hydrogen-bond donors (Lipinski definition) is 0. The molecule has 27 heavy (non-hydrogen) atoms. The van der Waals surface area contributed by atoms with Gasteiger partial charge in [0.05, 0.1) is 11.7 Å². The minimum Gasteiger partial charge on any atom is -0.371 e. The summed E-state index contributed by atoms with van der Waals surface area (Å²) in [6, 6.07) is 0. The minimum absolute atomic E-state index is 0.0754. The summed E-state index contributed by atoms with van der Waals surface area (Å²) in [5, 5.41) is 0. The predicted molar refractivity (Wildman–Crippen MR) is 102 cm³/mol. The van der Waals surface area contributed by atoms with Crippen LogP contribution in [0.2, 0.25) is 0 Å². The number of carbonyl (C=O) groups excluding carboxylic acids is 2. The Morgan fingerprint density at radius 3 is 2.81 bits per heavy atom. The molecule has 0 aromatic heterocycles. The zero-order chi connectivity index (χ0) is 18.4. The van der Waals surface area contributed by atoms with E-state index in [4.69, 9.17) is 4.74 Å². The zero-order valence-electron chi connectivity index (χ0n) is 16.5. The molecule has 0 N–H and O–H groups in total. The summed E-state index contributed by atoms with van der Waals surface area (Å²) in [5.41, 5.74) is 2.03. The third-order valence-electron chi connectivity index (χ3n) is 9.30. The summed E-state index contributed by atoms with van der Waals surface area (Å²) in [4.78, 5) is 23.6. The Morgan fingerprint density at radius 1 is 1.19 bits per heavy atom. The van der Waals surface area contributed by atoms with Crippen LogP contribution in [0.15, 0.2) is 11.6 Å². The van der Waals surface area contributed by atoms with Crippen LogP contribution in [0.1, 0.15) is 77.6 Å². The molecule has 1 saturated heterocycles. The smallest absolute Gasteiger partial charge is 0.155 e. The summed E-state index contributed by atoms with van der Waals surface area (Å²) in [6.45, 7) is 1.72. The van der Waals surface area contributed by atoms with Gasteiger partial charge in [-0.3, -0.25) is 4.79 Å². The van der Waals surface area contributed by atoms with E-state index in [1.165, 1.54) is 38.5 Å². The van der Waals surface area contributed by atoms with Crippen molar-refractivity contribution in [3.05, 3.63) is 11.6 Å². The molecule has 4 saturated carbocycles. The zero-order valence-corrected chi connectivity index (χ0v) is 16.5. The van der Waals surface area contributed by atoms with Crippen molar-refractivity contribution in [2.24, 2.45) is 35.0 Å². The van der Waals surface area contributed by atoms with Gasteiger partial charge in [0.1, 0.15) is 5.78 Å². The van der Waals surface area contributed by atoms with Crippen LogP contribution in [0.25, 0.3) is 0 Å². The first-order valence-corrected chi connectivity index (χ1v) is 11.4. The van der Waals surface area contributed by atoms with E-state index in [-0.39, 0.29) is 5.60 Å². The average molecular weight is 369 g/mol. The van der Waals surface area contributed by atoms with Crippen molar-refractivity contribution in [2.75, 3.05) is 0 Å². The van der Waals surface area contributed by atoms with Crippen molar-refractivity contribution in [3.8, 4) is 0 Å². The molecular weight excluding hydrogens is 336 g/mol. The fourth-order valence-electron chi connectivity index (χ4n) is 8.07. The van der Waals surface area contributed by atoms with Gasteiger partial charge in [-0.2, -0.15) is 0 Å². The molecule has 6 aliphatic rings. The Hall–Kier alpha value is -0.960. The molecule has 1 aliphatic heterocycles. The molecule has 5 aliphatic carbocycles. The number of rotatable bonds is 4. The van der Waals surface area contributed by atoms with Gasteiger partial charge in [-0.15, -0.1) is 0 Å². The van der Waals surface area contributed by atoms with E-state index in [0.717, 1.165) is 49.4 Å². The number of ketones is 2. The van der Waals surface area contributed by atoms with Gasteiger partial charge in [0.2, 0.25) is 0 Å². The Bertz CT molecular complexity index is 732. The molecule has 5 fully saturated rings. The topological polar surface area (TPSA) is 43.4 Å². The molecule has 1 spiro atoms. The second-order valence-electron chi connectivity index (χ2n) is 10.8. The highest BCUT2D eigenvalue weighted by Gasteiger charge is 2.69. The Kier molecular flexibility index (Phi) is 3.49. The number of carbonyl (C=O) groups is 2. The second-order valence-corrected chi connectivity index (χ2v) is 10.8. The lowest BCUT2D eigenvalue weighted by atomic mass is 9.50. The van der Waals surface area contributed by atoms with Crippen molar-refractivity contribution >= 4 is 11.6 Å². The lowest BCUT2D eigenvalue weighted by molar-refractivity contribution is -0.132. The molecule has 0 aromatic rings. The van der Waals surface area contributed by atoms with Crippen molar-refractivity contribution in [1.29, 1.82) is 0 Å². The van der Waals surface area contributed by atoms with Gasteiger partial charge >= 0.3 is 0 Å². The van der Waals surface area contributed by atoms with Gasteiger partial charge in [-0.25, -0.2) is 0 Å². The van der Waals surface area contributed by atoms with E-state index in [0.29, 0.717) is 35.4 Å². The van der Waals surface area contributed by atoms with Gasteiger partial charge in [-0.1, -0.05) is 5.57 Å². The maximum atomic E-state index is 12.1. The normalized spacial score (nSPS) is 48.2. The number of allylic oxidation sites excluding steroid dienone is 2. The van der Waals surface area contributed by atoms with E-state index < -0.39 is 0 Å². The van der Waals surface area contributed by atoms with E-state index in [1.54, 1.807) is 12.5 Å². The highest BCUT2D eigenvalue weighted by molar-refractivity contribution is 5.91. The molecule has 0 radical (unpaired) electrons. The number of fused-ring (bicyclic) bond motifs is 8. The van der Waals surface area contributed by atoms with E-state index in [9.17, 15) is 9.59 Å². The predicted octanol–water partition coefficient (Wildman–Crippen LogP) is 4.64. The van der Waals surface area contributed by atoms with E-state index in [2.05, 4.69) is 6.08 Å². The van der Waals surface area contributed by atoms with Gasteiger partial charge in [0.15, 0.2) is 5.78 Å². The Morgan fingerprint density at radius 2 is 2.04 bits per heavy atom. The maximum Gasteiger partial charge on any atom is 0.155 e. The van der Waals surface area contributed by atoms with Gasteiger partial charge < -0.3 is 9.53 Å². The van der Waals surface area contributed by atoms with Crippen molar-refractivity contribution in [3.63, 3.8) is 0 Å². The summed E-state index contributed by atoms with van der Waals surface area (Å²) in [7, 11) is 0. The largest absolute Gasteiger partial charge is 0.371 e. The second kappa shape index (κ2) is 5.55. The molecule has 146 valence electrons. The van der Waals surface area contributed by atoms with Crippen molar-refractivity contribution in [2.45, 2.75) is 89.3 Å². The van der Waals surface area contributed by atoms with Crippen LogP contribution in [0, 0.1) is 35.0 Å². The quantitative estimate of drug-likeness (QED) is 0.726. The fraction of sp³-hybridized carbons (Fsp3) is 0.833. The molecule has 0 aromatic carbocycles. The lowest BCUT2D eigenvalue weighted by Gasteiger charge is -2.56. The summed E-state index contributed by atoms with van der Waals surface area (Å²) in [6.07, 6.45) is 14.9. The Balaban J connectivity index is 1.31. The van der Waals surface area contributed by atoms with Crippen LogP contribution in [0.4, 0.5) is 0 Å². The molecule has 3 heteroatoms. The maximum absolute atomic E-state index is 12.1. The SMILES string of the molecule is CC(=O)CCCC12CCC3C4CCC(=O)C=C4C4(CC4)CC3C1[C@H]1C[C@H]1O2. The minimum atomic E-state index is 0.0754. The summed E-state index contributed by atoms with van der Waals surface area (Å²) in [5.74, 6) is 4.47. The number of hydrogen-bond acceptors (Lipinski definition) is 3. The molecule has 7 atom stereocenters. The highest BCUT2D eigenvalue weighted by Crippen LogP contribution is 2.73. The Labute approximate surface area is 162 Å². The lowest BCUT2D eigenvalue weighted by Crippen LogP contribution is -2.53. The van der Waals surface area contributed by atoms with Crippen molar-refractivity contribution < 1.29 is 14.3 Å². The molecular formula is C24H32O3. The molecule has 0 amide bonds. The van der Waals surface area contributed by atoms with E-state index in [1.807, 2.05) is 0 Å². The van der Waals surface area contributed by atoms with Crippen LogP contribution >= 0.6 is 0 Å². The first kappa shape index (κ1) is 16.9. The third kappa shape index (κ3) is 2.42. The van der Waals surface area contributed by atoms with Crippen LogP contribution < -0.4 is 0 Å². The first-order chi connectivity index (χ1) is 13.0. The standard InChI is InChI=1S/C24H32O3/c1-14(25)3-2-7-24-8-6-16-17-5-4-15(26)11-20(17)23(9-10-23)13-19(16)22(24)18-12-21(18)27-24/h11,16-19,21-22H,2-10,12-13H2,1H3/t16?,17?,18-,19?,21+,22?,24?/m0/s1. The molecule has 0 bridgehead atoms. The van der Waals surface area contributed by atoms with Crippen LogP contribution in [-0.4, -0.2) is 23.3 Å². The van der Waals surface area contributed by atoms with Crippen LogP contribution in [-0.2, 0) is 14.3 Å². The fourth-order valence-corrected chi connectivity index (χ4v) is 8.07. The average Bonchev–Trinajstić information content (AvgIpc) is 3.54.